The second kappa shape index (κ2) is 5.86. The highest BCUT2D eigenvalue weighted by Gasteiger charge is 2.20. The van der Waals surface area contributed by atoms with Gasteiger partial charge in [-0.05, 0) is 36.6 Å². The number of fused-ring (bicyclic) bond motifs is 3. The van der Waals surface area contributed by atoms with Crippen LogP contribution in [0.25, 0.3) is 21.8 Å². The Hall–Kier alpha value is -2.49. The van der Waals surface area contributed by atoms with Crippen LogP contribution in [0, 0.1) is 0 Å². The van der Waals surface area contributed by atoms with E-state index in [9.17, 15) is 13.2 Å². The number of H-pyrrole nitrogens is 1. The van der Waals surface area contributed by atoms with Gasteiger partial charge in [0, 0.05) is 22.9 Å². The maximum absolute atomic E-state index is 11.7. The van der Waals surface area contributed by atoms with Crippen molar-refractivity contribution in [3.63, 3.8) is 0 Å². The number of amides is 1. The highest BCUT2D eigenvalue weighted by Crippen LogP contribution is 2.29. The fraction of sp³-hybridized carbons (Fsp3) is 0.200. The number of benzene rings is 1. The summed E-state index contributed by atoms with van der Waals surface area (Å²) in [5.74, 6) is -0.849. The Morgan fingerprint density at radius 2 is 2.00 bits per heavy atom. The largest absolute Gasteiger partial charge is 0.396 e. The van der Waals surface area contributed by atoms with Gasteiger partial charge in [-0.1, -0.05) is 6.07 Å². The Morgan fingerprint density at radius 3 is 2.62 bits per heavy atom. The standard InChI is InChI=1S/C15H16N4O4S/c16-15(21)14-13-10(7-12(19-14)24(17,22)23)9-6-8(2-1-5-20)3-4-11(9)18-13/h3-4,6-7,18,20H,1-2,5H2,(H2,16,21)(H2,17,22,23). The first-order chi connectivity index (χ1) is 11.3. The molecule has 3 aromatic rings. The van der Waals surface area contributed by atoms with Crippen LogP contribution in [0.15, 0.2) is 29.3 Å². The fourth-order valence-corrected chi connectivity index (χ4v) is 3.18. The number of primary sulfonamides is 1. The Bertz CT molecular complexity index is 1060. The normalized spacial score (nSPS) is 12.1. The molecule has 2 aromatic heterocycles. The minimum atomic E-state index is -4.09. The molecular formula is C15H16N4O4S. The van der Waals surface area contributed by atoms with E-state index in [-0.39, 0.29) is 12.3 Å². The van der Waals surface area contributed by atoms with Crippen molar-refractivity contribution in [1.29, 1.82) is 0 Å². The molecule has 0 bridgehead atoms. The molecule has 3 rings (SSSR count). The topological polar surface area (TPSA) is 152 Å². The average molecular weight is 348 g/mol. The smallest absolute Gasteiger partial charge is 0.269 e. The maximum atomic E-state index is 11.7. The highest BCUT2D eigenvalue weighted by molar-refractivity contribution is 7.89. The number of nitrogens with one attached hydrogen (secondary N) is 1. The van der Waals surface area contributed by atoms with Gasteiger partial charge in [0.05, 0.1) is 5.52 Å². The van der Waals surface area contributed by atoms with E-state index in [4.69, 9.17) is 16.0 Å². The first-order valence-electron chi connectivity index (χ1n) is 7.20. The van der Waals surface area contributed by atoms with Gasteiger partial charge in [-0.15, -0.1) is 0 Å². The summed E-state index contributed by atoms with van der Waals surface area (Å²) >= 11 is 0. The van der Waals surface area contributed by atoms with Gasteiger partial charge in [-0.2, -0.15) is 0 Å². The van der Waals surface area contributed by atoms with E-state index in [1.165, 1.54) is 6.07 Å². The number of aliphatic hydroxyl groups is 1. The third-order valence-electron chi connectivity index (χ3n) is 3.78. The number of rotatable bonds is 5. The lowest BCUT2D eigenvalue weighted by Gasteiger charge is -2.03. The van der Waals surface area contributed by atoms with Crippen LogP contribution in [-0.4, -0.2) is 36.0 Å². The number of aryl methyl sites for hydroxylation is 1. The van der Waals surface area contributed by atoms with Crippen LogP contribution in [0.4, 0.5) is 0 Å². The van der Waals surface area contributed by atoms with E-state index < -0.39 is 21.0 Å². The summed E-state index contributed by atoms with van der Waals surface area (Å²) in [6.45, 7) is 0.0806. The molecule has 1 amide bonds. The molecule has 2 heterocycles. The lowest BCUT2D eigenvalue weighted by molar-refractivity contribution is 0.0996. The summed E-state index contributed by atoms with van der Waals surface area (Å²) in [6.07, 6.45) is 1.29. The molecule has 1 aromatic carbocycles. The summed E-state index contributed by atoms with van der Waals surface area (Å²) in [4.78, 5) is 18.5. The van der Waals surface area contributed by atoms with Crippen LogP contribution in [0.5, 0.6) is 0 Å². The molecule has 0 saturated carbocycles. The van der Waals surface area contributed by atoms with E-state index in [0.29, 0.717) is 29.3 Å². The van der Waals surface area contributed by atoms with Crippen LogP contribution in [0.1, 0.15) is 22.5 Å². The van der Waals surface area contributed by atoms with Crippen LogP contribution in [0.3, 0.4) is 0 Å². The molecular weight excluding hydrogens is 332 g/mol. The van der Waals surface area contributed by atoms with Gasteiger partial charge in [0.25, 0.3) is 15.9 Å². The number of nitrogens with two attached hydrogens (primary N) is 2. The minimum absolute atomic E-state index is 0.0806. The Kier molecular flexibility index (Phi) is 3.99. The van der Waals surface area contributed by atoms with Gasteiger partial charge in [0.15, 0.2) is 10.7 Å². The molecule has 0 aliphatic rings. The second-order valence-corrected chi connectivity index (χ2v) is 6.98. The predicted octanol–water partition coefficient (Wildman–Crippen LogP) is 0.387. The number of carbonyl (C=O) groups excluding carboxylic acids is 1. The molecule has 6 N–H and O–H groups in total. The van der Waals surface area contributed by atoms with E-state index in [2.05, 4.69) is 9.97 Å². The van der Waals surface area contributed by atoms with Crippen molar-refractivity contribution in [2.45, 2.75) is 17.9 Å². The lowest BCUT2D eigenvalue weighted by atomic mass is 10.1. The van der Waals surface area contributed by atoms with Crippen LogP contribution in [0.2, 0.25) is 0 Å². The van der Waals surface area contributed by atoms with Crippen LogP contribution in [-0.2, 0) is 16.4 Å². The number of hydrogen-bond donors (Lipinski definition) is 4. The third-order valence-corrected chi connectivity index (χ3v) is 4.57. The van der Waals surface area contributed by atoms with Gasteiger partial charge in [-0.3, -0.25) is 4.79 Å². The van der Waals surface area contributed by atoms with Crippen molar-refractivity contribution in [1.82, 2.24) is 9.97 Å². The monoisotopic (exact) mass is 348 g/mol. The molecule has 0 aliphatic carbocycles. The molecule has 0 aliphatic heterocycles. The van der Waals surface area contributed by atoms with Crippen LogP contribution >= 0.6 is 0 Å². The summed E-state index contributed by atoms with van der Waals surface area (Å²) in [6, 6.07) is 6.92. The number of pyridine rings is 1. The quantitative estimate of drug-likeness (QED) is 0.525. The zero-order valence-corrected chi connectivity index (χ0v) is 13.4. The van der Waals surface area contributed by atoms with Crippen molar-refractivity contribution in [2.75, 3.05) is 6.61 Å². The molecule has 0 fully saturated rings. The van der Waals surface area contributed by atoms with Gasteiger partial charge >= 0.3 is 0 Å². The number of aliphatic hydroxyl groups excluding tert-OH is 1. The van der Waals surface area contributed by atoms with Gasteiger partial charge < -0.3 is 15.8 Å². The molecule has 0 saturated heterocycles. The lowest BCUT2D eigenvalue weighted by Crippen LogP contribution is -2.19. The number of carbonyl (C=O) groups is 1. The highest BCUT2D eigenvalue weighted by atomic mass is 32.2. The van der Waals surface area contributed by atoms with Gasteiger partial charge in [-0.25, -0.2) is 18.5 Å². The zero-order chi connectivity index (χ0) is 17.5. The molecule has 0 radical (unpaired) electrons. The van der Waals surface area contributed by atoms with E-state index >= 15 is 0 Å². The van der Waals surface area contributed by atoms with Crippen LogP contribution < -0.4 is 10.9 Å². The van der Waals surface area contributed by atoms with E-state index in [0.717, 1.165) is 10.9 Å². The number of hydrogen-bond acceptors (Lipinski definition) is 5. The van der Waals surface area contributed by atoms with Crippen molar-refractivity contribution in [3.05, 3.63) is 35.5 Å². The van der Waals surface area contributed by atoms with Gasteiger partial charge in [0.1, 0.15) is 0 Å². The number of aromatic amines is 1. The predicted molar refractivity (Wildman–Crippen MR) is 88.9 cm³/mol. The van der Waals surface area contributed by atoms with Gasteiger partial charge in [0.2, 0.25) is 0 Å². The average Bonchev–Trinajstić information content (AvgIpc) is 2.88. The fourth-order valence-electron chi connectivity index (χ4n) is 2.68. The number of aromatic nitrogens is 2. The summed E-state index contributed by atoms with van der Waals surface area (Å²) < 4.78 is 23.3. The van der Waals surface area contributed by atoms with Crippen molar-refractivity contribution in [2.24, 2.45) is 10.9 Å². The number of nitrogens with zero attached hydrogens (tertiary/aromatic N) is 1. The Labute approximate surface area is 137 Å². The third kappa shape index (κ3) is 2.84. The Balaban J connectivity index is 2.34. The zero-order valence-electron chi connectivity index (χ0n) is 12.6. The first-order valence-corrected chi connectivity index (χ1v) is 8.74. The van der Waals surface area contributed by atoms with Crippen molar-refractivity contribution < 1.29 is 18.3 Å². The number of primary amides is 1. The van der Waals surface area contributed by atoms with Crippen molar-refractivity contribution in [3.8, 4) is 0 Å². The summed E-state index contributed by atoms with van der Waals surface area (Å²) in [7, 11) is -4.09. The maximum Gasteiger partial charge on any atom is 0.269 e. The molecule has 126 valence electrons. The summed E-state index contributed by atoms with van der Waals surface area (Å²) in [5, 5.41) is 14.9. The van der Waals surface area contributed by atoms with E-state index in [1.54, 1.807) is 0 Å². The molecule has 9 heteroatoms. The number of sulfonamides is 1. The molecule has 0 spiro atoms. The minimum Gasteiger partial charge on any atom is -0.396 e. The molecule has 0 unspecified atom stereocenters. The first kappa shape index (κ1) is 16.4. The molecule has 0 atom stereocenters. The van der Waals surface area contributed by atoms with Crippen molar-refractivity contribution >= 4 is 37.7 Å². The molecule has 8 nitrogen and oxygen atoms in total. The SMILES string of the molecule is NC(=O)c1nc(S(N)(=O)=O)cc2c1[nH]c1ccc(CCCO)cc12. The Morgan fingerprint density at radius 1 is 1.25 bits per heavy atom. The van der Waals surface area contributed by atoms with E-state index in [1.807, 2.05) is 18.2 Å². The second-order valence-electron chi connectivity index (χ2n) is 5.47. The summed E-state index contributed by atoms with van der Waals surface area (Å²) in [5.41, 5.74) is 7.21. The molecule has 24 heavy (non-hydrogen) atoms.